The molecule has 3 heterocycles. The van der Waals surface area contributed by atoms with Crippen LogP contribution in [0.15, 0.2) is 48.5 Å². The van der Waals surface area contributed by atoms with Crippen LogP contribution in [0.2, 0.25) is 0 Å². The van der Waals surface area contributed by atoms with E-state index in [4.69, 9.17) is 14.5 Å². The maximum atomic E-state index is 12.5. The first-order chi connectivity index (χ1) is 16.1. The second-order valence-corrected chi connectivity index (χ2v) is 8.35. The molecule has 1 aromatic heterocycles. The van der Waals surface area contributed by atoms with Crippen LogP contribution in [-0.4, -0.2) is 35.8 Å². The zero-order valence-corrected chi connectivity index (χ0v) is 18.6. The highest BCUT2D eigenvalue weighted by molar-refractivity contribution is 5.92. The Morgan fingerprint density at radius 3 is 2.52 bits per heavy atom. The van der Waals surface area contributed by atoms with E-state index in [0.717, 1.165) is 41.5 Å². The fourth-order valence-electron chi connectivity index (χ4n) is 4.10. The van der Waals surface area contributed by atoms with Crippen molar-refractivity contribution in [1.82, 2.24) is 9.97 Å². The number of anilines is 4. The lowest BCUT2D eigenvalue weighted by Crippen LogP contribution is -2.30. The number of ether oxygens (including phenoxy) is 2. The molecule has 170 valence electrons. The zero-order chi connectivity index (χ0) is 22.6. The van der Waals surface area contributed by atoms with E-state index in [1.807, 2.05) is 55.5 Å². The number of aromatic nitrogens is 2. The number of fused-ring (bicyclic) bond motifs is 1. The zero-order valence-electron chi connectivity index (χ0n) is 18.6. The average molecular weight is 446 g/mol. The number of benzene rings is 2. The molecule has 2 N–H and O–H groups in total. The maximum absolute atomic E-state index is 12.5. The van der Waals surface area contributed by atoms with Gasteiger partial charge in [0.05, 0.1) is 6.42 Å². The first kappa shape index (κ1) is 21.1. The lowest BCUT2D eigenvalue weighted by molar-refractivity contribution is -0.115. The van der Waals surface area contributed by atoms with Crippen LogP contribution >= 0.6 is 0 Å². The molecule has 3 aromatic rings. The van der Waals surface area contributed by atoms with Gasteiger partial charge in [0.15, 0.2) is 11.5 Å². The van der Waals surface area contributed by atoms with Crippen molar-refractivity contribution in [2.45, 2.75) is 32.6 Å². The monoisotopic (exact) mass is 445 g/mol. The highest BCUT2D eigenvalue weighted by atomic mass is 16.7. The van der Waals surface area contributed by atoms with Gasteiger partial charge in [-0.15, -0.1) is 0 Å². The molecule has 2 aliphatic rings. The number of hydrogen-bond acceptors (Lipinski definition) is 7. The summed E-state index contributed by atoms with van der Waals surface area (Å²) in [5.74, 6) is 2.84. The third-order valence-electron chi connectivity index (χ3n) is 5.75. The van der Waals surface area contributed by atoms with Crippen molar-refractivity contribution in [3.63, 3.8) is 0 Å². The van der Waals surface area contributed by atoms with Gasteiger partial charge in [0.1, 0.15) is 5.82 Å². The van der Waals surface area contributed by atoms with E-state index < -0.39 is 0 Å². The molecule has 1 fully saturated rings. The second-order valence-electron chi connectivity index (χ2n) is 8.35. The predicted octanol–water partition coefficient (Wildman–Crippen LogP) is 4.43. The van der Waals surface area contributed by atoms with Gasteiger partial charge in [-0.2, -0.15) is 4.98 Å². The summed E-state index contributed by atoms with van der Waals surface area (Å²) in [4.78, 5) is 24.0. The molecule has 0 atom stereocenters. The number of aryl methyl sites for hydroxylation is 1. The van der Waals surface area contributed by atoms with Crippen LogP contribution in [0, 0.1) is 6.92 Å². The van der Waals surface area contributed by atoms with Crippen molar-refractivity contribution in [3.05, 3.63) is 59.8 Å². The van der Waals surface area contributed by atoms with Gasteiger partial charge in [-0.05, 0) is 68.1 Å². The fourth-order valence-corrected chi connectivity index (χ4v) is 4.10. The minimum Gasteiger partial charge on any atom is -0.454 e. The molecule has 8 heteroatoms. The van der Waals surface area contributed by atoms with E-state index >= 15 is 0 Å². The van der Waals surface area contributed by atoms with Gasteiger partial charge in [0, 0.05) is 36.2 Å². The molecule has 0 bridgehead atoms. The van der Waals surface area contributed by atoms with Gasteiger partial charge >= 0.3 is 0 Å². The summed E-state index contributed by atoms with van der Waals surface area (Å²) >= 11 is 0. The van der Waals surface area contributed by atoms with Gasteiger partial charge in [-0.3, -0.25) is 4.79 Å². The molecule has 0 radical (unpaired) electrons. The number of nitrogens with zero attached hydrogens (tertiary/aromatic N) is 3. The quantitative estimate of drug-likeness (QED) is 0.580. The normalized spacial score (nSPS) is 14.8. The SMILES string of the molecule is Cc1cc(N2CCCCC2)nc(Nc2ccc(NC(=O)Cc3ccc4c(c3)OCO4)cc2)n1. The molecule has 5 rings (SSSR count). The Morgan fingerprint density at radius 2 is 1.70 bits per heavy atom. The second kappa shape index (κ2) is 9.36. The van der Waals surface area contributed by atoms with Gasteiger partial charge in [-0.25, -0.2) is 4.98 Å². The molecule has 0 aliphatic carbocycles. The van der Waals surface area contributed by atoms with Crippen molar-refractivity contribution < 1.29 is 14.3 Å². The maximum Gasteiger partial charge on any atom is 0.231 e. The van der Waals surface area contributed by atoms with E-state index in [9.17, 15) is 4.79 Å². The highest BCUT2D eigenvalue weighted by Gasteiger charge is 2.15. The minimum absolute atomic E-state index is 0.0947. The topological polar surface area (TPSA) is 88.6 Å². The summed E-state index contributed by atoms with van der Waals surface area (Å²) in [5.41, 5.74) is 3.39. The fraction of sp³-hybridized carbons (Fsp3) is 0.320. The van der Waals surface area contributed by atoms with Gasteiger partial charge in [0.2, 0.25) is 18.6 Å². The first-order valence-electron chi connectivity index (χ1n) is 11.3. The molecule has 1 amide bonds. The summed E-state index contributed by atoms with van der Waals surface area (Å²) in [6, 6.07) is 15.1. The van der Waals surface area contributed by atoms with Crippen LogP contribution in [-0.2, 0) is 11.2 Å². The summed E-state index contributed by atoms with van der Waals surface area (Å²) in [6.07, 6.45) is 3.94. The van der Waals surface area contributed by atoms with E-state index in [2.05, 4.69) is 20.5 Å². The molecular formula is C25H27N5O3. The van der Waals surface area contributed by atoms with E-state index in [1.54, 1.807) is 0 Å². The van der Waals surface area contributed by atoms with Crippen LogP contribution in [0.5, 0.6) is 11.5 Å². The third-order valence-corrected chi connectivity index (χ3v) is 5.75. The molecule has 0 unspecified atom stereocenters. The number of amides is 1. The molecule has 33 heavy (non-hydrogen) atoms. The number of piperidine rings is 1. The van der Waals surface area contributed by atoms with Crippen molar-refractivity contribution in [2.24, 2.45) is 0 Å². The molecule has 8 nitrogen and oxygen atoms in total. The Labute approximate surface area is 193 Å². The standard InChI is InChI=1S/C25H27N5O3/c1-17-13-23(30-11-3-2-4-12-30)29-25(26-17)28-20-8-6-19(7-9-20)27-24(31)15-18-5-10-21-22(14-18)33-16-32-21/h5-10,13-14H,2-4,11-12,15-16H2,1H3,(H,27,31)(H,26,28,29). The molecular weight excluding hydrogens is 418 g/mol. The Hall–Kier alpha value is -3.81. The lowest BCUT2D eigenvalue weighted by atomic mass is 10.1. The Kier molecular flexibility index (Phi) is 5.97. The molecule has 2 aromatic carbocycles. The lowest BCUT2D eigenvalue weighted by Gasteiger charge is -2.28. The van der Waals surface area contributed by atoms with Crippen LogP contribution in [0.1, 0.15) is 30.5 Å². The summed E-state index contributed by atoms with van der Waals surface area (Å²) in [6.45, 7) is 4.28. The van der Waals surface area contributed by atoms with Crippen LogP contribution < -0.4 is 25.0 Å². The smallest absolute Gasteiger partial charge is 0.231 e. The van der Waals surface area contributed by atoms with Crippen LogP contribution in [0.4, 0.5) is 23.1 Å². The largest absolute Gasteiger partial charge is 0.454 e. The molecule has 0 spiro atoms. The van der Waals surface area contributed by atoms with Crippen LogP contribution in [0.3, 0.4) is 0 Å². The number of carbonyl (C=O) groups excluding carboxylic acids is 1. The summed E-state index contributed by atoms with van der Waals surface area (Å²) < 4.78 is 10.7. The van der Waals surface area contributed by atoms with Gasteiger partial charge in [-0.1, -0.05) is 6.07 Å². The van der Waals surface area contributed by atoms with Crippen molar-refractivity contribution >= 4 is 29.0 Å². The van der Waals surface area contributed by atoms with Gasteiger partial charge < -0.3 is 25.0 Å². The Morgan fingerprint density at radius 1 is 0.939 bits per heavy atom. The average Bonchev–Trinajstić information content (AvgIpc) is 3.28. The molecule has 1 saturated heterocycles. The number of carbonyl (C=O) groups is 1. The molecule has 0 saturated carbocycles. The highest BCUT2D eigenvalue weighted by Crippen LogP contribution is 2.32. The summed E-state index contributed by atoms with van der Waals surface area (Å²) in [7, 11) is 0. The Balaban J connectivity index is 1.20. The van der Waals surface area contributed by atoms with Crippen LogP contribution in [0.25, 0.3) is 0 Å². The van der Waals surface area contributed by atoms with Crippen molar-refractivity contribution in [1.29, 1.82) is 0 Å². The molecule has 2 aliphatic heterocycles. The van der Waals surface area contributed by atoms with E-state index in [0.29, 0.717) is 17.4 Å². The third kappa shape index (κ3) is 5.16. The number of nitrogens with one attached hydrogen (secondary N) is 2. The predicted molar refractivity (Wildman–Crippen MR) is 127 cm³/mol. The summed E-state index contributed by atoms with van der Waals surface area (Å²) in [5, 5.41) is 6.21. The van der Waals surface area contributed by atoms with E-state index in [-0.39, 0.29) is 19.1 Å². The minimum atomic E-state index is -0.0947. The van der Waals surface area contributed by atoms with E-state index in [1.165, 1.54) is 19.3 Å². The van der Waals surface area contributed by atoms with Crippen molar-refractivity contribution in [3.8, 4) is 11.5 Å². The number of hydrogen-bond donors (Lipinski definition) is 2. The number of rotatable bonds is 6. The first-order valence-corrected chi connectivity index (χ1v) is 11.3. The van der Waals surface area contributed by atoms with Crippen molar-refractivity contribution in [2.75, 3.05) is 35.4 Å². The Bertz CT molecular complexity index is 1140. The van der Waals surface area contributed by atoms with Gasteiger partial charge in [0.25, 0.3) is 0 Å².